The molecule has 100 valence electrons. The summed E-state index contributed by atoms with van der Waals surface area (Å²) in [6.45, 7) is 9.24. The van der Waals surface area contributed by atoms with Crippen molar-refractivity contribution in [3.63, 3.8) is 0 Å². The summed E-state index contributed by atoms with van der Waals surface area (Å²) in [5, 5.41) is 3.34. The van der Waals surface area contributed by atoms with Crippen molar-refractivity contribution < 1.29 is 9.18 Å². The van der Waals surface area contributed by atoms with Crippen LogP contribution in [0, 0.1) is 11.2 Å². The second-order valence-corrected chi connectivity index (χ2v) is 5.72. The van der Waals surface area contributed by atoms with E-state index in [9.17, 15) is 9.18 Å². The summed E-state index contributed by atoms with van der Waals surface area (Å²) < 4.78 is 12.7. The molecule has 0 heterocycles. The van der Waals surface area contributed by atoms with Crippen LogP contribution in [0.25, 0.3) is 0 Å². The zero-order valence-corrected chi connectivity index (χ0v) is 11.6. The lowest BCUT2D eigenvalue weighted by molar-refractivity contribution is 0.0979. The molecule has 1 rings (SSSR count). The molecule has 1 aromatic carbocycles. The summed E-state index contributed by atoms with van der Waals surface area (Å²) in [6.07, 6.45) is 0.437. The molecule has 1 unspecified atom stereocenters. The molecule has 1 aromatic rings. The van der Waals surface area contributed by atoms with Gasteiger partial charge in [0, 0.05) is 24.6 Å². The predicted molar refractivity (Wildman–Crippen MR) is 72.3 cm³/mol. The topological polar surface area (TPSA) is 29.1 Å². The predicted octanol–water partition coefficient (Wildman–Crippen LogP) is 3.42. The quantitative estimate of drug-likeness (QED) is 0.812. The smallest absolute Gasteiger partial charge is 0.164 e. The van der Waals surface area contributed by atoms with E-state index >= 15 is 0 Å². The van der Waals surface area contributed by atoms with Crippen molar-refractivity contribution in [2.45, 2.75) is 40.2 Å². The minimum Gasteiger partial charge on any atom is -0.313 e. The Bertz CT molecular complexity index is 392. The molecule has 0 bridgehead atoms. The third-order valence-electron chi connectivity index (χ3n) is 3.27. The minimum atomic E-state index is -0.314. The van der Waals surface area contributed by atoms with Crippen molar-refractivity contribution in [2.24, 2.45) is 5.41 Å². The van der Waals surface area contributed by atoms with E-state index in [1.54, 1.807) is 0 Å². The van der Waals surface area contributed by atoms with Gasteiger partial charge in [-0.1, -0.05) is 20.8 Å². The van der Waals surface area contributed by atoms with Crippen LogP contribution < -0.4 is 5.32 Å². The summed E-state index contributed by atoms with van der Waals surface area (Å²) in [6, 6.07) is 6.05. The van der Waals surface area contributed by atoms with E-state index in [0.717, 1.165) is 0 Å². The van der Waals surface area contributed by atoms with Gasteiger partial charge >= 0.3 is 0 Å². The number of halogens is 1. The summed E-state index contributed by atoms with van der Waals surface area (Å²) in [4.78, 5) is 11.8. The van der Waals surface area contributed by atoms with Gasteiger partial charge in [0.05, 0.1) is 0 Å². The Kier molecular flexibility index (Phi) is 5.03. The number of hydrogen-bond donors (Lipinski definition) is 1. The number of nitrogens with one attached hydrogen (secondary N) is 1. The fourth-order valence-corrected chi connectivity index (χ4v) is 1.49. The minimum absolute atomic E-state index is 0.0450. The summed E-state index contributed by atoms with van der Waals surface area (Å²) in [5.74, 6) is -0.269. The van der Waals surface area contributed by atoms with Gasteiger partial charge in [-0.2, -0.15) is 0 Å². The number of benzene rings is 1. The third-order valence-corrected chi connectivity index (χ3v) is 3.27. The maximum Gasteiger partial charge on any atom is 0.164 e. The van der Waals surface area contributed by atoms with Gasteiger partial charge in [0.2, 0.25) is 0 Å². The van der Waals surface area contributed by atoms with Crippen LogP contribution in [-0.4, -0.2) is 18.4 Å². The summed E-state index contributed by atoms with van der Waals surface area (Å²) in [7, 11) is 0. The highest BCUT2D eigenvalue weighted by molar-refractivity contribution is 5.96. The highest BCUT2D eigenvalue weighted by Gasteiger charge is 2.19. The lowest BCUT2D eigenvalue weighted by Crippen LogP contribution is -2.38. The van der Waals surface area contributed by atoms with Crippen molar-refractivity contribution >= 4 is 5.78 Å². The Morgan fingerprint density at radius 3 is 2.33 bits per heavy atom. The van der Waals surface area contributed by atoms with Gasteiger partial charge in [-0.3, -0.25) is 4.79 Å². The average Bonchev–Trinajstić information content (AvgIpc) is 2.28. The largest absolute Gasteiger partial charge is 0.313 e. The standard InChI is InChI=1S/C15H22FNO/c1-11(15(2,3)4)17-10-9-14(18)12-5-7-13(16)8-6-12/h5-8,11,17H,9-10H2,1-4H3. The lowest BCUT2D eigenvalue weighted by Gasteiger charge is -2.28. The van der Waals surface area contributed by atoms with Crippen LogP contribution >= 0.6 is 0 Å². The normalized spacial score (nSPS) is 13.4. The molecule has 3 heteroatoms. The first-order valence-corrected chi connectivity index (χ1v) is 6.33. The number of hydrogen-bond acceptors (Lipinski definition) is 2. The molecule has 2 nitrogen and oxygen atoms in total. The second kappa shape index (κ2) is 6.10. The zero-order valence-electron chi connectivity index (χ0n) is 11.6. The van der Waals surface area contributed by atoms with Crippen LogP contribution in [0.2, 0.25) is 0 Å². The van der Waals surface area contributed by atoms with Gasteiger partial charge in [0.1, 0.15) is 5.82 Å². The Balaban J connectivity index is 2.40. The first kappa shape index (κ1) is 14.8. The van der Waals surface area contributed by atoms with Crippen molar-refractivity contribution in [3.8, 4) is 0 Å². The first-order chi connectivity index (χ1) is 8.30. The molecule has 1 atom stereocenters. The Labute approximate surface area is 109 Å². The van der Waals surface area contributed by atoms with Gasteiger partial charge < -0.3 is 5.32 Å². The van der Waals surface area contributed by atoms with E-state index in [0.29, 0.717) is 24.6 Å². The molecular formula is C15H22FNO. The molecule has 0 aliphatic carbocycles. The molecule has 1 N–H and O–H groups in total. The molecule has 0 saturated carbocycles. The second-order valence-electron chi connectivity index (χ2n) is 5.72. The molecule has 0 radical (unpaired) electrons. The number of Topliss-reactive ketones (excluding diaryl/α,β-unsaturated/α-hetero) is 1. The van der Waals surface area contributed by atoms with Crippen LogP contribution in [0.1, 0.15) is 44.5 Å². The number of carbonyl (C=O) groups excluding carboxylic acids is 1. The Morgan fingerprint density at radius 2 is 1.83 bits per heavy atom. The fourth-order valence-electron chi connectivity index (χ4n) is 1.49. The van der Waals surface area contributed by atoms with Crippen LogP contribution in [-0.2, 0) is 0 Å². The molecule has 0 aliphatic rings. The summed E-state index contributed by atoms with van der Waals surface area (Å²) >= 11 is 0. The van der Waals surface area contributed by atoms with Crippen LogP contribution in [0.5, 0.6) is 0 Å². The van der Waals surface area contributed by atoms with Crippen molar-refractivity contribution in [3.05, 3.63) is 35.6 Å². The van der Waals surface area contributed by atoms with Crippen molar-refractivity contribution in [2.75, 3.05) is 6.54 Å². The number of ketones is 1. The lowest BCUT2D eigenvalue weighted by atomic mass is 9.88. The van der Waals surface area contributed by atoms with Crippen molar-refractivity contribution in [1.82, 2.24) is 5.32 Å². The Morgan fingerprint density at radius 1 is 1.28 bits per heavy atom. The fraction of sp³-hybridized carbons (Fsp3) is 0.533. The summed E-state index contributed by atoms with van der Waals surface area (Å²) in [5.41, 5.74) is 0.750. The zero-order chi connectivity index (χ0) is 13.8. The van der Waals surface area contributed by atoms with Gasteiger partial charge in [0.25, 0.3) is 0 Å². The van der Waals surface area contributed by atoms with Gasteiger partial charge in [-0.25, -0.2) is 4.39 Å². The van der Waals surface area contributed by atoms with Crippen molar-refractivity contribution in [1.29, 1.82) is 0 Å². The van der Waals surface area contributed by atoms with Crippen LogP contribution in [0.15, 0.2) is 24.3 Å². The highest BCUT2D eigenvalue weighted by atomic mass is 19.1. The molecule has 0 amide bonds. The maximum absolute atomic E-state index is 12.7. The van der Waals surface area contributed by atoms with Gasteiger partial charge in [-0.05, 0) is 36.6 Å². The molecule has 0 aromatic heterocycles. The molecule has 0 spiro atoms. The molecule has 0 fully saturated rings. The number of carbonyl (C=O) groups is 1. The monoisotopic (exact) mass is 251 g/mol. The average molecular weight is 251 g/mol. The van der Waals surface area contributed by atoms with E-state index in [4.69, 9.17) is 0 Å². The van der Waals surface area contributed by atoms with E-state index in [2.05, 4.69) is 33.0 Å². The molecular weight excluding hydrogens is 229 g/mol. The van der Waals surface area contributed by atoms with E-state index < -0.39 is 0 Å². The maximum atomic E-state index is 12.7. The first-order valence-electron chi connectivity index (χ1n) is 6.33. The van der Waals surface area contributed by atoms with Gasteiger partial charge in [-0.15, -0.1) is 0 Å². The molecule has 0 saturated heterocycles. The van der Waals surface area contributed by atoms with E-state index in [-0.39, 0.29) is 17.0 Å². The van der Waals surface area contributed by atoms with Crippen LogP contribution in [0.3, 0.4) is 0 Å². The van der Waals surface area contributed by atoms with E-state index in [1.807, 2.05) is 0 Å². The molecule has 0 aliphatic heterocycles. The van der Waals surface area contributed by atoms with Crippen LogP contribution in [0.4, 0.5) is 4.39 Å². The highest BCUT2D eigenvalue weighted by Crippen LogP contribution is 2.18. The van der Waals surface area contributed by atoms with Gasteiger partial charge in [0.15, 0.2) is 5.78 Å². The Hall–Kier alpha value is -1.22. The molecule has 18 heavy (non-hydrogen) atoms. The number of rotatable bonds is 5. The third kappa shape index (κ3) is 4.57. The van der Waals surface area contributed by atoms with E-state index in [1.165, 1.54) is 24.3 Å². The SMILES string of the molecule is CC(NCCC(=O)c1ccc(F)cc1)C(C)(C)C.